The standard InChI is InChI=1S/C20H33ClO2.Sn.4H/c21-20(16-10-4-1-5-11-16,17-12-6-2-7-13-17)19(22)23-18-14-8-3-9-15-18;;;;;/h16-18H,1-15H2;;;;;. The van der Waals surface area contributed by atoms with Crippen molar-refractivity contribution in [2.75, 3.05) is 0 Å². The monoisotopic (exact) mass is 464 g/mol. The minimum absolute atomic E-state index is 0. The summed E-state index contributed by atoms with van der Waals surface area (Å²) in [6.07, 6.45) is 17.8. The van der Waals surface area contributed by atoms with Gasteiger partial charge < -0.3 is 4.74 Å². The van der Waals surface area contributed by atoms with Crippen LogP contribution in [0.25, 0.3) is 0 Å². The average Bonchev–Trinajstić information content (AvgIpc) is 2.63. The number of hydrogen-bond donors (Lipinski definition) is 0. The van der Waals surface area contributed by atoms with Crippen molar-refractivity contribution >= 4 is 41.5 Å². The van der Waals surface area contributed by atoms with Crippen molar-refractivity contribution in [3.05, 3.63) is 0 Å². The Morgan fingerprint density at radius 2 is 1.08 bits per heavy atom. The van der Waals surface area contributed by atoms with Gasteiger partial charge in [0, 0.05) is 0 Å². The molecule has 0 radical (unpaired) electrons. The Kier molecular flexibility index (Phi) is 8.73. The third-order valence-electron chi connectivity index (χ3n) is 6.54. The molecule has 0 bridgehead atoms. The normalized spacial score (nSPS) is 25.0. The molecule has 4 heteroatoms. The van der Waals surface area contributed by atoms with Crippen molar-refractivity contribution in [3.8, 4) is 0 Å². The van der Waals surface area contributed by atoms with Crippen LogP contribution in [-0.2, 0) is 9.53 Å². The number of carbonyl (C=O) groups is 1. The summed E-state index contributed by atoms with van der Waals surface area (Å²) in [5.41, 5.74) is 0. The second-order valence-corrected chi connectivity index (χ2v) is 8.73. The van der Waals surface area contributed by atoms with E-state index in [1.807, 2.05) is 0 Å². The molecule has 140 valence electrons. The fourth-order valence-electron chi connectivity index (χ4n) is 5.14. The van der Waals surface area contributed by atoms with Crippen molar-refractivity contribution < 1.29 is 9.53 Å². The van der Waals surface area contributed by atoms with E-state index in [2.05, 4.69) is 0 Å². The third kappa shape index (κ3) is 4.84. The van der Waals surface area contributed by atoms with E-state index in [-0.39, 0.29) is 36.0 Å². The van der Waals surface area contributed by atoms with Crippen LogP contribution < -0.4 is 0 Å². The molecule has 0 amide bonds. The number of ether oxygens (including phenoxy) is 1. The Balaban J connectivity index is 0.00000208. The van der Waals surface area contributed by atoms with Crippen LogP contribution in [0.3, 0.4) is 0 Å². The summed E-state index contributed by atoms with van der Waals surface area (Å²) in [7, 11) is 0. The summed E-state index contributed by atoms with van der Waals surface area (Å²) in [4.78, 5) is 12.4. The van der Waals surface area contributed by atoms with E-state index < -0.39 is 4.87 Å². The maximum atomic E-state index is 13.2. The molecule has 0 aromatic carbocycles. The van der Waals surface area contributed by atoms with Gasteiger partial charge in [0.05, 0.1) is 0 Å². The fraction of sp³-hybridized carbons (Fsp3) is 0.950. The van der Waals surface area contributed by atoms with Gasteiger partial charge in [-0.15, -0.1) is 11.6 Å². The SMILES string of the molecule is O=C(OC1CCCCC1)C(Cl)(C1CCCCC1)C1CCCCC1.[SnH4]. The molecule has 2 nitrogen and oxygen atoms in total. The molecular weight excluding hydrogens is 426 g/mol. The fourth-order valence-corrected chi connectivity index (χ4v) is 5.62. The van der Waals surface area contributed by atoms with Crippen molar-refractivity contribution in [2.24, 2.45) is 11.8 Å². The molecule has 0 spiro atoms. The van der Waals surface area contributed by atoms with E-state index in [4.69, 9.17) is 16.3 Å². The zero-order valence-corrected chi connectivity index (χ0v) is 15.3. The molecule has 0 heterocycles. The Morgan fingerprint density at radius 1 is 0.708 bits per heavy atom. The van der Waals surface area contributed by atoms with Crippen molar-refractivity contribution in [2.45, 2.75) is 107 Å². The summed E-state index contributed by atoms with van der Waals surface area (Å²) < 4.78 is 5.99. The first-order valence-electron chi connectivity index (χ1n) is 10.1. The quantitative estimate of drug-likeness (QED) is 0.347. The molecule has 0 saturated heterocycles. The van der Waals surface area contributed by atoms with Gasteiger partial charge >= 0.3 is 29.9 Å². The molecule has 0 aromatic heterocycles. The molecule has 0 aliphatic heterocycles. The van der Waals surface area contributed by atoms with E-state index in [9.17, 15) is 4.79 Å². The van der Waals surface area contributed by atoms with Crippen LogP contribution in [0, 0.1) is 11.8 Å². The Morgan fingerprint density at radius 3 is 1.50 bits per heavy atom. The number of carbonyl (C=O) groups excluding carboxylic acids is 1. The molecule has 3 saturated carbocycles. The van der Waals surface area contributed by atoms with Crippen molar-refractivity contribution in [1.82, 2.24) is 0 Å². The van der Waals surface area contributed by atoms with Crippen molar-refractivity contribution in [1.29, 1.82) is 0 Å². The second kappa shape index (κ2) is 10.0. The third-order valence-corrected chi connectivity index (χ3v) is 7.31. The molecule has 3 aliphatic rings. The van der Waals surface area contributed by atoms with Gasteiger partial charge in [0.2, 0.25) is 0 Å². The second-order valence-electron chi connectivity index (χ2n) is 8.10. The Hall–Kier alpha value is 0.559. The van der Waals surface area contributed by atoms with Crippen LogP contribution in [0.2, 0.25) is 0 Å². The molecule has 3 aliphatic carbocycles. The topological polar surface area (TPSA) is 26.3 Å². The van der Waals surface area contributed by atoms with Gasteiger partial charge in [-0.05, 0) is 63.2 Å². The van der Waals surface area contributed by atoms with Gasteiger partial charge in [0.1, 0.15) is 11.0 Å². The number of esters is 1. The van der Waals surface area contributed by atoms with E-state index in [0.717, 1.165) is 38.5 Å². The molecule has 0 atom stereocenters. The predicted molar refractivity (Wildman–Crippen MR) is 106 cm³/mol. The van der Waals surface area contributed by atoms with Gasteiger partial charge in [0.25, 0.3) is 0 Å². The first kappa shape index (κ1) is 20.9. The number of rotatable bonds is 4. The first-order chi connectivity index (χ1) is 11.2. The summed E-state index contributed by atoms with van der Waals surface area (Å²) in [6.45, 7) is 0. The van der Waals surface area contributed by atoms with Crippen LogP contribution in [0.4, 0.5) is 0 Å². The number of alkyl halides is 1. The molecule has 3 fully saturated rings. The zero-order valence-electron chi connectivity index (χ0n) is 14.5. The van der Waals surface area contributed by atoms with E-state index in [0.29, 0.717) is 11.8 Å². The average molecular weight is 464 g/mol. The summed E-state index contributed by atoms with van der Waals surface area (Å²) in [5, 5.41) is 0. The van der Waals surface area contributed by atoms with E-state index in [1.165, 1.54) is 57.8 Å². The van der Waals surface area contributed by atoms with Crippen LogP contribution >= 0.6 is 11.6 Å². The Labute approximate surface area is 169 Å². The number of halogens is 1. The Bertz CT molecular complexity index is 365. The molecule has 24 heavy (non-hydrogen) atoms. The number of hydrogen-bond acceptors (Lipinski definition) is 2. The van der Waals surface area contributed by atoms with Crippen LogP contribution in [-0.4, -0.2) is 40.9 Å². The first-order valence-corrected chi connectivity index (χ1v) is 10.5. The van der Waals surface area contributed by atoms with Gasteiger partial charge in [0.15, 0.2) is 0 Å². The summed E-state index contributed by atoms with van der Waals surface area (Å²) in [6, 6.07) is 0. The minimum atomic E-state index is -0.738. The van der Waals surface area contributed by atoms with Gasteiger partial charge in [-0.3, -0.25) is 4.79 Å². The maximum absolute atomic E-state index is 13.2. The van der Waals surface area contributed by atoms with Gasteiger partial charge in [-0.1, -0.05) is 44.9 Å². The predicted octanol–water partition coefficient (Wildman–Crippen LogP) is 4.55. The molecular formula is C20H37ClO2Sn. The van der Waals surface area contributed by atoms with Gasteiger partial charge in [-0.2, -0.15) is 0 Å². The van der Waals surface area contributed by atoms with Gasteiger partial charge in [-0.25, -0.2) is 0 Å². The molecule has 0 N–H and O–H groups in total. The zero-order chi connectivity index (χ0) is 16.1. The van der Waals surface area contributed by atoms with Crippen molar-refractivity contribution in [3.63, 3.8) is 0 Å². The van der Waals surface area contributed by atoms with Crippen LogP contribution in [0.5, 0.6) is 0 Å². The molecule has 0 aromatic rings. The summed E-state index contributed by atoms with van der Waals surface area (Å²) >= 11 is 7.19. The molecule has 0 unspecified atom stereocenters. The van der Waals surface area contributed by atoms with E-state index >= 15 is 0 Å². The summed E-state index contributed by atoms with van der Waals surface area (Å²) in [5.74, 6) is 0.596. The van der Waals surface area contributed by atoms with E-state index in [1.54, 1.807) is 0 Å². The van der Waals surface area contributed by atoms with Crippen LogP contribution in [0.15, 0.2) is 0 Å². The van der Waals surface area contributed by atoms with Crippen LogP contribution in [0.1, 0.15) is 96.3 Å². The molecule has 3 rings (SSSR count).